The third kappa shape index (κ3) is 5.78. The van der Waals surface area contributed by atoms with E-state index in [-0.39, 0.29) is 5.75 Å². The summed E-state index contributed by atoms with van der Waals surface area (Å²) in [6, 6.07) is 0. The van der Waals surface area contributed by atoms with Crippen molar-refractivity contribution in [3.8, 4) is 0 Å². The van der Waals surface area contributed by atoms with Gasteiger partial charge in [0.25, 0.3) is 0 Å². The summed E-state index contributed by atoms with van der Waals surface area (Å²) in [7, 11) is -1.34. The van der Waals surface area contributed by atoms with E-state index in [1.165, 1.54) is 12.8 Å². The average Bonchev–Trinajstić information content (AvgIpc) is 2.39. The minimum Gasteiger partial charge on any atom is -0.355 e. The molecule has 1 unspecified atom stereocenters. The number of rotatable bonds is 5. The van der Waals surface area contributed by atoms with Crippen LogP contribution in [0.2, 0.25) is 0 Å². The van der Waals surface area contributed by atoms with Crippen LogP contribution >= 0.6 is 0 Å². The van der Waals surface area contributed by atoms with Crippen LogP contribution in [-0.4, -0.2) is 58.3 Å². The fraction of sp³-hybridized carbons (Fsp3) is 0.917. The number of aliphatic imine (C=N–C) groups is 1. The first-order valence-corrected chi connectivity index (χ1v) is 8.56. The highest BCUT2D eigenvalue weighted by atomic mass is 32.2. The van der Waals surface area contributed by atoms with Gasteiger partial charge in [-0.2, -0.15) is 0 Å². The summed E-state index contributed by atoms with van der Waals surface area (Å²) in [6.07, 6.45) is 2.45. The Balaban J connectivity index is 2.33. The summed E-state index contributed by atoms with van der Waals surface area (Å²) in [5, 5.41) is 3.21. The van der Waals surface area contributed by atoms with E-state index >= 15 is 0 Å². The van der Waals surface area contributed by atoms with E-state index < -0.39 is 10.0 Å². The second-order valence-electron chi connectivity index (χ2n) is 4.97. The summed E-state index contributed by atoms with van der Waals surface area (Å²) >= 11 is 0. The standard InChI is InChI=1S/C12H26N4O2S/c1-4-19(17,18)15-8-7-14-12(13-3)16-9-5-6-11(2)10-16/h11,15H,4-10H2,1-3H3,(H,13,14). The SMILES string of the molecule is CCS(=O)(=O)NCCNC(=NC)N1CCCC(C)C1. The van der Waals surface area contributed by atoms with Gasteiger partial charge in [-0.05, 0) is 25.7 Å². The highest BCUT2D eigenvalue weighted by Gasteiger charge is 2.18. The zero-order valence-electron chi connectivity index (χ0n) is 12.1. The molecular formula is C12H26N4O2S. The van der Waals surface area contributed by atoms with Crippen molar-refractivity contribution in [1.82, 2.24) is 14.9 Å². The first-order chi connectivity index (χ1) is 8.98. The third-order valence-corrected chi connectivity index (χ3v) is 4.68. The average molecular weight is 290 g/mol. The van der Waals surface area contributed by atoms with Crippen LogP contribution in [0.5, 0.6) is 0 Å². The quantitative estimate of drug-likeness (QED) is 0.432. The number of hydrogen-bond donors (Lipinski definition) is 2. The number of nitrogens with one attached hydrogen (secondary N) is 2. The van der Waals surface area contributed by atoms with Crippen molar-refractivity contribution in [2.45, 2.75) is 26.7 Å². The minimum absolute atomic E-state index is 0.116. The van der Waals surface area contributed by atoms with E-state index in [0.29, 0.717) is 19.0 Å². The molecular weight excluding hydrogens is 264 g/mol. The predicted molar refractivity (Wildman–Crippen MR) is 78.8 cm³/mol. The summed E-state index contributed by atoms with van der Waals surface area (Å²) in [5.74, 6) is 1.67. The topological polar surface area (TPSA) is 73.8 Å². The Morgan fingerprint density at radius 1 is 1.42 bits per heavy atom. The zero-order valence-corrected chi connectivity index (χ0v) is 13.0. The summed E-state index contributed by atoms with van der Waals surface area (Å²) in [6.45, 7) is 6.85. The van der Waals surface area contributed by atoms with Crippen molar-refractivity contribution >= 4 is 16.0 Å². The van der Waals surface area contributed by atoms with Crippen molar-refractivity contribution in [2.24, 2.45) is 10.9 Å². The van der Waals surface area contributed by atoms with Crippen LogP contribution in [0.25, 0.3) is 0 Å². The van der Waals surface area contributed by atoms with Gasteiger partial charge in [-0.1, -0.05) is 6.92 Å². The number of hydrogen-bond acceptors (Lipinski definition) is 3. The van der Waals surface area contributed by atoms with Crippen molar-refractivity contribution in [3.63, 3.8) is 0 Å². The number of guanidine groups is 1. The molecule has 2 N–H and O–H groups in total. The van der Waals surface area contributed by atoms with Gasteiger partial charge in [-0.15, -0.1) is 0 Å². The van der Waals surface area contributed by atoms with Crippen LogP contribution in [0.1, 0.15) is 26.7 Å². The van der Waals surface area contributed by atoms with Gasteiger partial charge in [0.15, 0.2) is 5.96 Å². The normalized spacial score (nSPS) is 21.5. The monoisotopic (exact) mass is 290 g/mol. The van der Waals surface area contributed by atoms with Crippen molar-refractivity contribution in [2.75, 3.05) is 39.0 Å². The summed E-state index contributed by atoms with van der Waals surface area (Å²) in [5.41, 5.74) is 0. The van der Waals surface area contributed by atoms with E-state index in [1.54, 1.807) is 14.0 Å². The van der Waals surface area contributed by atoms with E-state index in [0.717, 1.165) is 19.0 Å². The van der Waals surface area contributed by atoms with Crippen LogP contribution in [-0.2, 0) is 10.0 Å². The second-order valence-corrected chi connectivity index (χ2v) is 7.06. The fourth-order valence-corrected chi connectivity index (χ4v) is 2.81. The Bertz CT molecular complexity index is 395. The molecule has 0 bridgehead atoms. The van der Waals surface area contributed by atoms with Crippen molar-refractivity contribution in [1.29, 1.82) is 0 Å². The molecule has 0 aromatic heterocycles. The lowest BCUT2D eigenvalue weighted by Crippen LogP contribution is -2.47. The van der Waals surface area contributed by atoms with Crippen molar-refractivity contribution < 1.29 is 8.42 Å². The molecule has 1 saturated heterocycles. The maximum absolute atomic E-state index is 11.3. The second kappa shape index (κ2) is 7.69. The van der Waals surface area contributed by atoms with Crippen LogP contribution in [0.4, 0.5) is 0 Å². The van der Waals surface area contributed by atoms with Gasteiger partial charge < -0.3 is 10.2 Å². The Morgan fingerprint density at radius 3 is 2.74 bits per heavy atom. The molecule has 0 saturated carbocycles. The van der Waals surface area contributed by atoms with Gasteiger partial charge in [0, 0.05) is 33.2 Å². The lowest BCUT2D eigenvalue weighted by molar-refractivity contribution is 0.266. The lowest BCUT2D eigenvalue weighted by atomic mass is 10.0. The first-order valence-electron chi connectivity index (χ1n) is 6.91. The molecule has 1 heterocycles. The molecule has 19 heavy (non-hydrogen) atoms. The molecule has 1 atom stereocenters. The number of sulfonamides is 1. The molecule has 0 aromatic carbocycles. The Labute approximate surface area is 116 Å². The number of likely N-dealkylation sites (tertiary alicyclic amines) is 1. The minimum atomic E-state index is -3.10. The molecule has 0 aliphatic carbocycles. The van der Waals surface area contributed by atoms with Gasteiger partial charge in [-0.3, -0.25) is 4.99 Å². The molecule has 0 radical (unpaired) electrons. The van der Waals surface area contributed by atoms with Gasteiger partial charge in [-0.25, -0.2) is 13.1 Å². The highest BCUT2D eigenvalue weighted by molar-refractivity contribution is 7.89. The van der Waals surface area contributed by atoms with Gasteiger partial charge in [0.05, 0.1) is 5.75 Å². The number of piperidine rings is 1. The van der Waals surface area contributed by atoms with Gasteiger partial charge in [0.1, 0.15) is 0 Å². The zero-order chi connectivity index (χ0) is 14.3. The van der Waals surface area contributed by atoms with Crippen LogP contribution in [0.3, 0.4) is 0 Å². The molecule has 1 rings (SSSR count). The van der Waals surface area contributed by atoms with Crippen LogP contribution in [0, 0.1) is 5.92 Å². The van der Waals surface area contributed by atoms with E-state index in [2.05, 4.69) is 26.9 Å². The maximum Gasteiger partial charge on any atom is 0.211 e. The molecule has 6 nitrogen and oxygen atoms in total. The van der Waals surface area contributed by atoms with E-state index in [4.69, 9.17) is 0 Å². The van der Waals surface area contributed by atoms with Crippen molar-refractivity contribution in [3.05, 3.63) is 0 Å². The molecule has 1 aliphatic rings. The Morgan fingerprint density at radius 2 is 2.16 bits per heavy atom. The smallest absolute Gasteiger partial charge is 0.211 e. The lowest BCUT2D eigenvalue weighted by Gasteiger charge is -2.33. The largest absolute Gasteiger partial charge is 0.355 e. The summed E-state index contributed by atoms with van der Waals surface area (Å²) in [4.78, 5) is 6.49. The predicted octanol–water partition coefficient (Wildman–Crippen LogP) is 0.233. The summed E-state index contributed by atoms with van der Waals surface area (Å²) < 4.78 is 25.1. The van der Waals surface area contributed by atoms with Gasteiger partial charge >= 0.3 is 0 Å². The van der Waals surface area contributed by atoms with Crippen LogP contribution in [0.15, 0.2) is 4.99 Å². The molecule has 1 aliphatic heterocycles. The number of nitrogens with zero attached hydrogens (tertiary/aromatic N) is 2. The molecule has 0 spiro atoms. The van der Waals surface area contributed by atoms with Gasteiger partial charge in [0.2, 0.25) is 10.0 Å². The molecule has 0 aromatic rings. The first kappa shape index (κ1) is 16.2. The fourth-order valence-electron chi connectivity index (χ4n) is 2.20. The van der Waals surface area contributed by atoms with Crippen LogP contribution < -0.4 is 10.0 Å². The Hall–Kier alpha value is -0.820. The molecule has 0 amide bonds. The maximum atomic E-state index is 11.3. The highest BCUT2D eigenvalue weighted by Crippen LogP contribution is 2.15. The third-order valence-electron chi connectivity index (χ3n) is 3.28. The molecule has 1 fully saturated rings. The molecule has 112 valence electrons. The molecule has 7 heteroatoms. The van der Waals surface area contributed by atoms with E-state index in [1.807, 2.05) is 0 Å². The Kier molecular flexibility index (Phi) is 6.57. The van der Waals surface area contributed by atoms with E-state index in [9.17, 15) is 8.42 Å².